The molecule has 0 atom stereocenters. The molecule has 0 radical (unpaired) electrons. The lowest BCUT2D eigenvalue weighted by molar-refractivity contribution is 0.255. The highest BCUT2D eigenvalue weighted by Crippen LogP contribution is 2.07. The molecule has 1 rings (SSSR count). The molecule has 0 saturated carbocycles. The van der Waals surface area contributed by atoms with E-state index >= 15 is 0 Å². The molecular formula is C11H19NO. The first-order valence-electron chi connectivity index (χ1n) is 5.22. The third-order valence-electron chi connectivity index (χ3n) is 2.34. The van der Waals surface area contributed by atoms with Crippen LogP contribution in [0.5, 0.6) is 0 Å². The fraction of sp³-hybridized carbons (Fsp3) is 0.818. The maximum absolute atomic E-state index is 8.54. The molecule has 1 fully saturated rings. The number of piperidine rings is 1. The van der Waals surface area contributed by atoms with Gasteiger partial charge in [-0.15, -0.1) is 5.92 Å². The second kappa shape index (κ2) is 6.94. The van der Waals surface area contributed by atoms with Crippen LogP contribution in [-0.2, 0) is 0 Å². The van der Waals surface area contributed by atoms with Gasteiger partial charge in [0.2, 0.25) is 0 Å². The van der Waals surface area contributed by atoms with Crippen LogP contribution >= 0.6 is 0 Å². The molecule has 0 aliphatic carbocycles. The summed E-state index contributed by atoms with van der Waals surface area (Å²) >= 11 is 0. The first kappa shape index (κ1) is 10.6. The molecule has 1 aliphatic rings. The number of hydrogen-bond acceptors (Lipinski definition) is 2. The molecule has 0 bridgehead atoms. The van der Waals surface area contributed by atoms with Gasteiger partial charge in [0.25, 0.3) is 0 Å². The van der Waals surface area contributed by atoms with Gasteiger partial charge in [0.05, 0.1) is 6.54 Å². The summed E-state index contributed by atoms with van der Waals surface area (Å²) in [6.45, 7) is 3.62. The molecular weight excluding hydrogens is 162 g/mol. The van der Waals surface area contributed by atoms with E-state index in [-0.39, 0.29) is 6.61 Å². The molecule has 13 heavy (non-hydrogen) atoms. The fourth-order valence-electron chi connectivity index (χ4n) is 1.54. The Morgan fingerprint density at radius 2 is 1.85 bits per heavy atom. The second-order valence-electron chi connectivity index (χ2n) is 3.52. The van der Waals surface area contributed by atoms with Gasteiger partial charge >= 0.3 is 0 Å². The van der Waals surface area contributed by atoms with Gasteiger partial charge in [-0.25, -0.2) is 0 Å². The highest BCUT2D eigenvalue weighted by Gasteiger charge is 2.07. The first-order chi connectivity index (χ1) is 6.43. The third-order valence-corrected chi connectivity index (χ3v) is 2.34. The maximum Gasteiger partial charge on any atom is 0.0601 e. The molecule has 0 aromatic rings. The third kappa shape index (κ3) is 4.92. The summed E-state index contributed by atoms with van der Waals surface area (Å²) in [7, 11) is 0. The van der Waals surface area contributed by atoms with Crippen LogP contribution in [0.15, 0.2) is 0 Å². The van der Waals surface area contributed by atoms with Crippen LogP contribution in [-0.4, -0.2) is 36.2 Å². The van der Waals surface area contributed by atoms with Crippen molar-refractivity contribution >= 4 is 0 Å². The van der Waals surface area contributed by atoms with Crippen molar-refractivity contribution in [3.63, 3.8) is 0 Å². The highest BCUT2D eigenvalue weighted by atomic mass is 16.2. The molecule has 1 saturated heterocycles. The Morgan fingerprint density at radius 1 is 1.08 bits per heavy atom. The smallest absolute Gasteiger partial charge is 0.0601 e. The van der Waals surface area contributed by atoms with Gasteiger partial charge in [-0.2, -0.15) is 0 Å². The molecule has 1 aliphatic heterocycles. The maximum atomic E-state index is 8.54. The second-order valence-corrected chi connectivity index (χ2v) is 3.52. The van der Waals surface area contributed by atoms with E-state index in [1.54, 1.807) is 0 Å². The number of nitrogens with zero attached hydrogens (tertiary/aromatic N) is 1. The van der Waals surface area contributed by atoms with Crippen LogP contribution in [0.3, 0.4) is 0 Å². The Kier molecular flexibility index (Phi) is 5.64. The van der Waals surface area contributed by atoms with Crippen molar-refractivity contribution in [2.24, 2.45) is 0 Å². The zero-order valence-electron chi connectivity index (χ0n) is 8.26. The van der Waals surface area contributed by atoms with Gasteiger partial charge < -0.3 is 5.11 Å². The van der Waals surface area contributed by atoms with Gasteiger partial charge in [0.1, 0.15) is 0 Å². The zero-order valence-corrected chi connectivity index (χ0v) is 8.26. The van der Waals surface area contributed by atoms with Crippen LogP contribution < -0.4 is 0 Å². The number of aliphatic hydroxyl groups excluding tert-OH is 1. The summed E-state index contributed by atoms with van der Waals surface area (Å²) in [5.74, 6) is 6.24. The molecule has 0 spiro atoms. The number of aliphatic hydroxyl groups is 1. The normalized spacial score (nSPS) is 17.9. The van der Waals surface area contributed by atoms with E-state index in [2.05, 4.69) is 16.7 Å². The van der Waals surface area contributed by atoms with Gasteiger partial charge in [-0.3, -0.25) is 4.90 Å². The molecule has 0 amide bonds. The van der Waals surface area contributed by atoms with Gasteiger partial charge in [0.15, 0.2) is 0 Å². The lowest BCUT2D eigenvalue weighted by Gasteiger charge is -2.23. The SMILES string of the molecule is OCCCC#CCN1CCCCC1. The summed E-state index contributed by atoms with van der Waals surface area (Å²) in [6, 6.07) is 0. The van der Waals surface area contributed by atoms with Gasteiger partial charge in [0, 0.05) is 13.0 Å². The van der Waals surface area contributed by atoms with Crippen molar-refractivity contribution in [2.75, 3.05) is 26.2 Å². The van der Waals surface area contributed by atoms with Crippen molar-refractivity contribution in [1.82, 2.24) is 4.90 Å². The Balaban J connectivity index is 2.04. The summed E-state index contributed by atoms with van der Waals surface area (Å²) in [4.78, 5) is 2.41. The molecule has 2 heteroatoms. The van der Waals surface area contributed by atoms with E-state index in [0.29, 0.717) is 0 Å². The van der Waals surface area contributed by atoms with E-state index in [4.69, 9.17) is 5.11 Å². The standard InChI is InChI=1S/C11H19NO/c13-11-7-2-1-4-8-12-9-5-3-6-10-12/h13H,2-3,5-11H2. The summed E-state index contributed by atoms with van der Waals surface area (Å²) in [6.07, 6.45) is 5.70. The minimum Gasteiger partial charge on any atom is -0.396 e. The molecule has 2 nitrogen and oxygen atoms in total. The Bertz CT molecular complexity index is 174. The highest BCUT2D eigenvalue weighted by molar-refractivity contribution is 5.01. The zero-order chi connectivity index (χ0) is 9.36. The summed E-state index contributed by atoms with van der Waals surface area (Å²) < 4.78 is 0. The van der Waals surface area contributed by atoms with Crippen molar-refractivity contribution in [1.29, 1.82) is 0 Å². The molecule has 74 valence electrons. The molecule has 1 heterocycles. The van der Waals surface area contributed by atoms with Crippen molar-refractivity contribution in [3.05, 3.63) is 0 Å². The van der Waals surface area contributed by atoms with Gasteiger partial charge in [-0.1, -0.05) is 12.3 Å². The average Bonchev–Trinajstić information content (AvgIpc) is 2.19. The largest absolute Gasteiger partial charge is 0.396 e. The summed E-state index contributed by atoms with van der Waals surface area (Å²) in [5.41, 5.74) is 0. The molecule has 0 aromatic carbocycles. The van der Waals surface area contributed by atoms with Crippen LogP contribution in [0.2, 0.25) is 0 Å². The average molecular weight is 181 g/mol. The molecule has 1 N–H and O–H groups in total. The van der Waals surface area contributed by atoms with Crippen LogP contribution in [0.1, 0.15) is 32.1 Å². The predicted molar refractivity (Wildman–Crippen MR) is 54.4 cm³/mol. The van der Waals surface area contributed by atoms with E-state index in [0.717, 1.165) is 19.4 Å². The van der Waals surface area contributed by atoms with E-state index in [1.165, 1.54) is 32.4 Å². The van der Waals surface area contributed by atoms with Crippen molar-refractivity contribution < 1.29 is 5.11 Å². The van der Waals surface area contributed by atoms with E-state index in [9.17, 15) is 0 Å². The number of unbranched alkanes of at least 4 members (excludes halogenated alkanes) is 1. The van der Waals surface area contributed by atoms with Crippen molar-refractivity contribution in [3.8, 4) is 11.8 Å². The van der Waals surface area contributed by atoms with Crippen LogP contribution in [0.25, 0.3) is 0 Å². The topological polar surface area (TPSA) is 23.5 Å². The fourth-order valence-corrected chi connectivity index (χ4v) is 1.54. The van der Waals surface area contributed by atoms with E-state index < -0.39 is 0 Å². The van der Waals surface area contributed by atoms with E-state index in [1.807, 2.05) is 0 Å². The number of rotatable bonds is 3. The van der Waals surface area contributed by atoms with Gasteiger partial charge in [-0.05, 0) is 32.4 Å². The van der Waals surface area contributed by atoms with Crippen molar-refractivity contribution in [2.45, 2.75) is 32.1 Å². The number of hydrogen-bond donors (Lipinski definition) is 1. The minimum absolute atomic E-state index is 0.262. The van der Waals surface area contributed by atoms with Crippen LogP contribution in [0, 0.1) is 11.8 Å². The lowest BCUT2D eigenvalue weighted by atomic mass is 10.1. The minimum atomic E-state index is 0.262. The molecule has 0 unspecified atom stereocenters. The lowest BCUT2D eigenvalue weighted by Crippen LogP contribution is -2.29. The first-order valence-corrected chi connectivity index (χ1v) is 5.22. The van der Waals surface area contributed by atoms with Crippen LogP contribution in [0.4, 0.5) is 0 Å². The molecule has 0 aromatic heterocycles. The predicted octanol–water partition coefficient (Wildman–Crippen LogP) is 1.25. The Labute approximate surface area is 80.9 Å². The summed E-state index contributed by atoms with van der Waals surface area (Å²) in [5, 5.41) is 8.54. The Hall–Kier alpha value is -0.520. The Morgan fingerprint density at radius 3 is 2.54 bits per heavy atom. The monoisotopic (exact) mass is 181 g/mol. The number of likely N-dealkylation sites (tertiary alicyclic amines) is 1. The quantitative estimate of drug-likeness (QED) is 0.523.